The van der Waals surface area contributed by atoms with E-state index in [0.717, 1.165) is 48.0 Å². The van der Waals surface area contributed by atoms with Crippen LogP contribution in [0, 0.1) is 17.8 Å². The summed E-state index contributed by atoms with van der Waals surface area (Å²) in [5.41, 5.74) is 4.30. The van der Waals surface area contributed by atoms with Crippen LogP contribution in [0.25, 0.3) is 10.9 Å². The quantitative estimate of drug-likeness (QED) is 0.264. The number of para-hydroxylation sites is 1. The molecule has 0 N–H and O–H groups in total. The van der Waals surface area contributed by atoms with E-state index in [2.05, 4.69) is 66.7 Å². The van der Waals surface area contributed by atoms with Gasteiger partial charge in [-0.1, -0.05) is 62.4 Å². The Morgan fingerprint density at radius 2 is 1.92 bits per heavy atom. The van der Waals surface area contributed by atoms with E-state index >= 15 is 0 Å². The van der Waals surface area contributed by atoms with Gasteiger partial charge in [-0.05, 0) is 73.7 Å². The van der Waals surface area contributed by atoms with Gasteiger partial charge in [-0.15, -0.1) is 6.58 Å². The molecule has 2 aromatic carbocycles. The van der Waals surface area contributed by atoms with Crippen molar-refractivity contribution in [3.8, 4) is 0 Å². The predicted molar refractivity (Wildman–Crippen MR) is 146 cm³/mol. The first-order valence-electron chi connectivity index (χ1n) is 13.4. The summed E-state index contributed by atoms with van der Waals surface area (Å²) >= 11 is 0. The van der Waals surface area contributed by atoms with Crippen molar-refractivity contribution >= 4 is 16.9 Å². The van der Waals surface area contributed by atoms with Gasteiger partial charge in [-0.3, -0.25) is 14.7 Å². The average molecular weight is 483 g/mol. The third-order valence-electron chi connectivity index (χ3n) is 8.21. The van der Waals surface area contributed by atoms with E-state index in [9.17, 15) is 4.79 Å². The number of nitrogens with zero attached hydrogens (tertiary/aromatic N) is 2. The van der Waals surface area contributed by atoms with Gasteiger partial charge in [-0.2, -0.15) is 0 Å². The van der Waals surface area contributed by atoms with Crippen LogP contribution in [0.4, 0.5) is 0 Å². The first-order valence-corrected chi connectivity index (χ1v) is 13.4. The van der Waals surface area contributed by atoms with Crippen LogP contribution in [0.3, 0.4) is 0 Å². The van der Waals surface area contributed by atoms with Gasteiger partial charge in [-0.25, -0.2) is 0 Å². The normalized spacial score (nSPS) is 25.0. The fraction of sp³-hybridized carbons (Fsp3) is 0.438. The second-order valence-corrected chi connectivity index (χ2v) is 11.1. The largest absolute Gasteiger partial charge is 0.455 e. The maximum Gasteiger partial charge on any atom is 0.313 e. The Labute approximate surface area is 215 Å². The number of esters is 1. The van der Waals surface area contributed by atoms with E-state index in [0.29, 0.717) is 17.8 Å². The molecule has 4 heteroatoms. The molecule has 36 heavy (non-hydrogen) atoms. The molecule has 188 valence electrons. The molecule has 1 aromatic heterocycles. The van der Waals surface area contributed by atoms with Crippen molar-refractivity contribution in [2.45, 2.75) is 58.1 Å². The Morgan fingerprint density at radius 3 is 2.61 bits per heavy atom. The minimum absolute atomic E-state index is 0.162. The van der Waals surface area contributed by atoms with Gasteiger partial charge >= 0.3 is 5.97 Å². The molecule has 4 nitrogen and oxygen atoms in total. The van der Waals surface area contributed by atoms with Crippen LogP contribution in [-0.2, 0) is 16.0 Å². The second kappa shape index (κ2) is 10.6. The van der Waals surface area contributed by atoms with Gasteiger partial charge < -0.3 is 4.74 Å². The summed E-state index contributed by atoms with van der Waals surface area (Å²) in [6.07, 6.45) is 6.87. The zero-order valence-corrected chi connectivity index (χ0v) is 21.8. The highest BCUT2D eigenvalue weighted by molar-refractivity contribution is 5.83. The van der Waals surface area contributed by atoms with Crippen LogP contribution in [0.1, 0.15) is 62.3 Å². The van der Waals surface area contributed by atoms with Crippen LogP contribution in [0.5, 0.6) is 0 Å². The van der Waals surface area contributed by atoms with Crippen LogP contribution in [0.15, 0.2) is 73.4 Å². The maximum atomic E-state index is 13.6. The van der Waals surface area contributed by atoms with E-state index in [1.807, 2.05) is 37.4 Å². The molecular weight excluding hydrogens is 444 g/mol. The molecule has 3 fully saturated rings. The van der Waals surface area contributed by atoms with Gasteiger partial charge in [0.15, 0.2) is 0 Å². The lowest BCUT2D eigenvalue weighted by Gasteiger charge is -2.51. The molecule has 0 saturated carbocycles. The number of pyridine rings is 1. The van der Waals surface area contributed by atoms with Gasteiger partial charge in [0.05, 0.1) is 17.5 Å². The fourth-order valence-electron chi connectivity index (χ4n) is 6.18. The van der Waals surface area contributed by atoms with Crippen molar-refractivity contribution in [2.75, 3.05) is 13.1 Å². The predicted octanol–water partition coefficient (Wildman–Crippen LogP) is 6.72. The van der Waals surface area contributed by atoms with E-state index in [4.69, 9.17) is 4.74 Å². The lowest BCUT2D eigenvalue weighted by atomic mass is 9.73. The lowest BCUT2D eigenvalue weighted by Crippen LogP contribution is -2.55. The summed E-state index contributed by atoms with van der Waals surface area (Å²) < 4.78 is 6.48. The van der Waals surface area contributed by atoms with Crippen LogP contribution in [0.2, 0.25) is 0 Å². The molecule has 6 rings (SSSR count). The minimum atomic E-state index is -0.332. The summed E-state index contributed by atoms with van der Waals surface area (Å²) in [6.45, 7) is 12.5. The van der Waals surface area contributed by atoms with Crippen molar-refractivity contribution in [2.24, 2.45) is 17.8 Å². The molecule has 0 aliphatic carbocycles. The summed E-state index contributed by atoms with van der Waals surface area (Å²) in [7, 11) is 0. The number of fused-ring (bicyclic) bond motifs is 4. The Bertz CT molecular complexity index is 1210. The van der Waals surface area contributed by atoms with Crippen molar-refractivity contribution in [3.05, 3.63) is 90.1 Å². The molecule has 3 aromatic rings. The van der Waals surface area contributed by atoms with Crippen LogP contribution < -0.4 is 0 Å². The molecular formula is C32H38N2O2. The third kappa shape index (κ3) is 4.97. The third-order valence-corrected chi connectivity index (χ3v) is 8.21. The summed E-state index contributed by atoms with van der Waals surface area (Å²) in [5, 5.41) is 1.06. The summed E-state index contributed by atoms with van der Waals surface area (Å²) in [6, 6.07) is 18.8. The number of hydrogen-bond donors (Lipinski definition) is 0. The number of hydrogen-bond acceptors (Lipinski definition) is 4. The van der Waals surface area contributed by atoms with E-state index in [1.165, 1.54) is 12.0 Å². The van der Waals surface area contributed by atoms with Gasteiger partial charge in [0.25, 0.3) is 0 Å². The molecule has 0 spiro atoms. The molecule has 4 heterocycles. The topological polar surface area (TPSA) is 42.4 Å². The highest BCUT2D eigenvalue weighted by Crippen LogP contribution is 2.43. The lowest BCUT2D eigenvalue weighted by molar-refractivity contribution is -0.158. The van der Waals surface area contributed by atoms with Crippen molar-refractivity contribution in [1.82, 2.24) is 9.88 Å². The Kier molecular flexibility index (Phi) is 7.25. The number of rotatable bonds is 8. The van der Waals surface area contributed by atoms with E-state index < -0.39 is 0 Å². The first-order chi connectivity index (χ1) is 17.4. The SMILES string of the molecule is C=C[C@H]1CN2CC[C@@H]1C[C@H]2[C@@H](OC(=O)[C@H](C)c1ccc(CC(C)C)cc1)c1ccnc2ccccc12. The highest BCUT2D eigenvalue weighted by Gasteiger charge is 2.44. The van der Waals surface area contributed by atoms with E-state index in [-0.39, 0.29) is 24.0 Å². The first kappa shape index (κ1) is 24.7. The molecule has 3 saturated heterocycles. The molecule has 1 unspecified atom stereocenters. The molecule has 3 aliphatic rings. The van der Waals surface area contributed by atoms with Crippen molar-refractivity contribution < 1.29 is 9.53 Å². The van der Waals surface area contributed by atoms with Crippen molar-refractivity contribution in [1.29, 1.82) is 0 Å². The zero-order chi connectivity index (χ0) is 25.2. The van der Waals surface area contributed by atoms with Gasteiger partial charge in [0, 0.05) is 23.7 Å². The number of aromatic nitrogens is 1. The second-order valence-electron chi connectivity index (χ2n) is 11.1. The number of ether oxygens (including phenoxy) is 1. The molecule has 0 amide bonds. The Hall–Kier alpha value is -2.98. The van der Waals surface area contributed by atoms with Crippen LogP contribution in [-0.4, -0.2) is 35.0 Å². The smallest absolute Gasteiger partial charge is 0.313 e. The summed E-state index contributed by atoms with van der Waals surface area (Å²) in [4.78, 5) is 20.7. The minimum Gasteiger partial charge on any atom is -0.455 e. The molecule has 6 atom stereocenters. The molecule has 0 radical (unpaired) electrons. The van der Waals surface area contributed by atoms with E-state index in [1.54, 1.807) is 0 Å². The number of benzene rings is 2. The Morgan fingerprint density at radius 1 is 1.14 bits per heavy atom. The van der Waals surface area contributed by atoms with Crippen LogP contribution >= 0.6 is 0 Å². The monoisotopic (exact) mass is 482 g/mol. The average Bonchev–Trinajstić information content (AvgIpc) is 2.91. The highest BCUT2D eigenvalue weighted by atomic mass is 16.5. The maximum absolute atomic E-state index is 13.6. The summed E-state index contributed by atoms with van der Waals surface area (Å²) in [5.74, 6) is 1.23. The van der Waals surface area contributed by atoms with Gasteiger partial charge in [0.2, 0.25) is 0 Å². The van der Waals surface area contributed by atoms with Crippen molar-refractivity contribution in [3.63, 3.8) is 0 Å². The standard InChI is InChI=1S/C32H38N2O2/c1-5-24-20-34-17-15-26(24)19-30(34)31(28-14-16-33-29-9-7-6-8-27(28)29)36-32(35)22(4)25-12-10-23(11-13-25)18-21(2)3/h5-14,16,21-22,24,26,30-31H,1,15,17-20H2,2-4H3/t22-,24+,26-,30+,31+/m1/s1. The number of piperidine rings is 3. The zero-order valence-electron chi connectivity index (χ0n) is 21.8. The Balaban J connectivity index is 1.44. The fourth-order valence-corrected chi connectivity index (χ4v) is 6.18. The molecule has 3 aliphatic heterocycles. The van der Waals surface area contributed by atoms with Gasteiger partial charge in [0.1, 0.15) is 6.10 Å². The number of carbonyl (C=O) groups is 1. The molecule has 2 bridgehead atoms. The number of carbonyl (C=O) groups excluding carboxylic acids is 1.